The number of allylic oxidation sites excluding steroid dienone is 3. The molecule has 0 aliphatic carbocycles. The zero-order valence-corrected chi connectivity index (χ0v) is 23.5. The van der Waals surface area contributed by atoms with Gasteiger partial charge in [-0.25, -0.2) is 21.5 Å². The summed E-state index contributed by atoms with van der Waals surface area (Å²) in [6.07, 6.45) is 7.20. The Labute approximate surface area is 224 Å². The SMILES string of the molecule is C=CCC(/C=C\CC)n1nnnc1SCCS(=O)(=O)CS(=O)(=O)CCSc1nnnn1-c1ccccc1. The van der Waals surface area contributed by atoms with E-state index in [1.165, 1.54) is 16.4 Å². The van der Waals surface area contributed by atoms with Crippen LogP contribution in [0, 0.1) is 0 Å². The highest BCUT2D eigenvalue weighted by Gasteiger charge is 2.23. The molecule has 200 valence electrons. The summed E-state index contributed by atoms with van der Waals surface area (Å²) in [4.78, 5) is 0. The molecule has 0 saturated carbocycles. The van der Waals surface area contributed by atoms with Crippen LogP contribution in [0.5, 0.6) is 0 Å². The Balaban J connectivity index is 1.51. The maximum absolute atomic E-state index is 12.5. The topological polar surface area (TPSA) is 155 Å². The Morgan fingerprint density at radius 3 is 2.22 bits per heavy atom. The van der Waals surface area contributed by atoms with Gasteiger partial charge in [-0.3, -0.25) is 0 Å². The molecule has 1 atom stereocenters. The van der Waals surface area contributed by atoms with Crippen molar-refractivity contribution in [3.63, 3.8) is 0 Å². The summed E-state index contributed by atoms with van der Waals surface area (Å²) in [6.45, 7) is 5.78. The predicted molar refractivity (Wildman–Crippen MR) is 144 cm³/mol. The first-order valence-electron chi connectivity index (χ1n) is 11.3. The molecular weight excluding hydrogens is 557 g/mol. The number of sulfone groups is 2. The molecular formula is C21H28N8O4S4. The second kappa shape index (κ2) is 13.8. The minimum absolute atomic E-state index is 0.116. The number of rotatable bonds is 16. The van der Waals surface area contributed by atoms with E-state index in [1.807, 2.05) is 49.4 Å². The van der Waals surface area contributed by atoms with Gasteiger partial charge in [-0.05, 0) is 45.8 Å². The third-order valence-corrected chi connectivity index (χ3v) is 11.7. The Bertz CT molecular complexity index is 1390. The molecule has 37 heavy (non-hydrogen) atoms. The maximum Gasteiger partial charge on any atom is 0.214 e. The van der Waals surface area contributed by atoms with Crippen LogP contribution in [0.2, 0.25) is 0 Å². The van der Waals surface area contributed by atoms with Gasteiger partial charge in [0.1, 0.15) is 0 Å². The van der Waals surface area contributed by atoms with Gasteiger partial charge in [0.15, 0.2) is 24.8 Å². The van der Waals surface area contributed by atoms with Crippen LogP contribution in [0.15, 0.2) is 65.5 Å². The van der Waals surface area contributed by atoms with Crippen molar-refractivity contribution < 1.29 is 16.8 Å². The molecule has 2 aromatic heterocycles. The number of para-hydroxylation sites is 1. The van der Waals surface area contributed by atoms with E-state index in [4.69, 9.17) is 0 Å². The monoisotopic (exact) mass is 584 g/mol. The van der Waals surface area contributed by atoms with Crippen molar-refractivity contribution in [2.24, 2.45) is 0 Å². The molecule has 0 fully saturated rings. The molecule has 2 heterocycles. The average Bonchev–Trinajstić information content (AvgIpc) is 3.51. The van der Waals surface area contributed by atoms with Crippen LogP contribution < -0.4 is 0 Å². The molecule has 1 aromatic carbocycles. The Morgan fingerprint density at radius 2 is 1.57 bits per heavy atom. The number of thioether (sulfide) groups is 2. The molecule has 0 N–H and O–H groups in total. The molecule has 3 rings (SSSR count). The van der Waals surface area contributed by atoms with Crippen molar-refractivity contribution in [3.8, 4) is 5.69 Å². The van der Waals surface area contributed by atoms with Gasteiger partial charge in [-0.1, -0.05) is 66.9 Å². The third-order valence-electron chi connectivity index (χ3n) is 4.83. The molecule has 0 aliphatic rings. The second-order valence-electron chi connectivity index (χ2n) is 7.75. The van der Waals surface area contributed by atoms with Gasteiger partial charge in [-0.2, -0.15) is 4.68 Å². The van der Waals surface area contributed by atoms with E-state index in [9.17, 15) is 16.8 Å². The average molecular weight is 585 g/mol. The first-order valence-corrected chi connectivity index (χ1v) is 16.9. The second-order valence-corrected chi connectivity index (χ2v) is 14.6. The quantitative estimate of drug-likeness (QED) is 0.179. The fraction of sp³-hybridized carbons (Fsp3) is 0.429. The lowest BCUT2D eigenvalue weighted by Crippen LogP contribution is -2.23. The fourth-order valence-electron chi connectivity index (χ4n) is 3.12. The lowest BCUT2D eigenvalue weighted by atomic mass is 10.2. The first kappa shape index (κ1) is 29.0. The van der Waals surface area contributed by atoms with E-state index in [0.717, 1.165) is 23.9 Å². The number of hydrogen-bond donors (Lipinski definition) is 0. The van der Waals surface area contributed by atoms with E-state index in [0.29, 0.717) is 16.7 Å². The molecule has 12 nitrogen and oxygen atoms in total. The Hall–Kier alpha value is -2.56. The smallest absolute Gasteiger partial charge is 0.214 e. The zero-order chi connectivity index (χ0) is 26.7. The third kappa shape index (κ3) is 9.05. The molecule has 3 aromatic rings. The van der Waals surface area contributed by atoms with Gasteiger partial charge in [0, 0.05) is 11.5 Å². The van der Waals surface area contributed by atoms with Crippen molar-refractivity contribution >= 4 is 43.2 Å². The predicted octanol–water partition coefficient (Wildman–Crippen LogP) is 2.40. The van der Waals surface area contributed by atoms with E-state index >= 15 is 0 Å². The van der Waals surface area contributed by atoms with Crippen molar-refractivity contribution in [3.05, 3.63) is 55.1 Å². The largest absolute Gasteiger partial charge is 0.228 e. The molecule has 16 heteroatoms. The highest BCUT2D eigenvalue weighted by atomic mass is 32.3. The minimum Gasteiger partial charge on any atom is -0.228 e. The van der Waals surface area contributed by atoms with Gasteiger partial charge in [0.2, 0.25) is 10.3 Å². The molecule has 0 bridgehead atoms. The van der Waals surface area contributed by atoms with Crippen LogP contribution in [0.3, 0.4) is 0 Å². The summed E-state index contributed by atoms with van der Waals surface area (Å²) in [5, 5.41) is 23.1. The van der Waals surface area contributed by atoms with Gasteiger partial charge >= 0.3 is 0 Å². The number of nitrogens with zero attached hydrogens (tertiary/aromatic N) is 8. The summed E-state index contributed by atoms with van der Waals surface area (Å²) >= 11 is 2.31. The number of hydrogen-bond acceptors (Lipinski definition) is 12. The Morgan fingerprint density at radius 1 is 0.946 bits per heavy atom. The van der Waals surface area contributed by atoms with Crippen LogP contribution in [0.25, 0.3) is 5.69 Å². The summed E-state index contributed by atoms with van der Waals surface area (Å²) in [7, 11) is -7.71. The van der Waals surface area contributed by atoms with Crippen molar-refractivity contribution in [1.82, 2.24) is 40.4 Å². The molecule has 1 unspecified atom stereocenters. The zero-order valence-electron chi connectivity index (χ0n) is 20.2. The van der Waals surface area contributed by atoms with Gasteiger partial charge in [0.05, 0.1) is 23.2 Å². The number of benzene rings is 1. The molecule has 0 amide bonds. The fourth-order valence-corrected chi connectivity index (χ4v) is 10.1. The highest BCUT2D eigenvalue weighted by Crippen LogP contribution is 2.22. The van der Waals surface area contributed by atoms with Crippen LogP contribution in [-0.4, -0.2) is 85.3 Å². The van der Waals surface area contributed by atoms with Crippen LogP contribution in [0.4, 0.5) is 0 Å². The van der Waals surface area contributed by atoms with Gasteiger partial charge in [-0.15, -0.1) is 16.8 Å². The van der Waals surface area contributed by atoms with Gasteiger partial charge in [0.25, 0.3) is 0 Å². The maximum atomic E-state index is 12.5. The molecule has 0 radical (unpaired) electrons. The molecule has 0 saturated heterocycles. The van der Waals surface area contributed by atoms with Crippen molar-refractivity contribution in [2.45, 2.75) is 36.1 Å². The number of tetrazole rings is 2. The van der Waals surface area contributed by atoms with E-state index in [-0.39, 0.29) is 29.1 Å². The highest BCUT2D eigenvalue weighted by molar-refractivity contribution is 8.09. The van der Waals surface area contributed by atoms with E-state index in [2.05, 4.69) is 37.6 Å². The van der Waals surface area contributed by atoms with Crippen LogP contribution >= 0.6 is 23.5 Å². The summed E-state index contributed by atoms with van der Waals surface area (Å²) in [5.41, 5.74) is 0.737. The molecule has 0 aliphatic heterocycles. The van der Waals surface area contributed by atoms with Crippen molar-refractivity contribution in [2.75, 3.05) is 28.1 Å². The van der Waals surface area contributed by atoms with Gasteiger partial charge < -0.3 is 0 Å². The van der Waals surface area contributed by atoms with E-state index < -0.39 is 24.8 Å². The standard InChI is InChI=1S/C21H28N8O4S4/c1-3-5-10-18(9-4-2)28-20(22-24-26-28)34-13-15-36(30,31)17-37(32,33)16-14-35-21-23-25-27-29(21)19-11-7-6-8-12-19/h4-8,10-12,18H,2-3,9,13-17H2,1H3/b10-5-. The lowest BCUT2D eigenvalue weighted by Gasteiger charge is -2.12. The summed E-state index contributed by atoms with van der Waals surface area (Å²) in [5.74, 6) is -0.404. The van der Waals surface area contributed by atoms with Crippen LogP contribution in [0.1, 0.15) is 25.8 Å². The summed E-state index contributed by atoms with van der Waals surface area (Å²) in [6, 6.07) is 9.04. The van der Waals surface area contributed by atoms with Crippen molar-refractivity contribution in [1.29, 1.82) is 0 Å². The summed E-state index contributed by atoms with van der Waals surface area (Å²) < 4.78 is 53.3. The lowest BCUT2D eigenvalue weighted by molar-refractivity contribution is 0.487. The normalized spacial score (nSPS) is 13.2. The molecule has 0 spiro atoms. The van der Waals surface area contributed by atoms with E-state index in [1.54, 1.807) is 10.8 Å². The number of aromatic nitrogens is 8. The van der Waals surface area contributed by atoms with Crippen LogP contribution in [-0.2, 0) is 19.7 Å². The minimum atomic E-state index is -3.86. The first-order chi connectivity index (χ1) is 17.7. The Kier molecular flexibility index (Phi) is 10.8.